The average molecular weight is 143 g/mol. The number of nitrogens with zero attached hydrogens (tertiary/aromatic N) is 2. The normalized spacial score (nSPS) is 9.33. The van der Waals surface area contributed by atoms with E-state index in [-0.39, 0.29) is 12.3 Å². The van der Waals surface area contributed by atoms with Crippen LogP contribution in [0.1, 0.15) is 5.69 Å². The van der Waals surface area contributed by atoms with E-state index in [2.05, 4.69) is 9.59 Å². The zero-order chi connectivity index (χ0) is 6.69. The van der Waals surface area contributed by atoms with Crippen molar-refractivity contribution in [2.45, 2.75) is 6.42 Å². The molecule has 1 heterocycles. The lowest BCUT2D eigenvalue weighted by atomic mass is 10.3. The van der Waals surface area contributed by atoms with Crippen LogP contribution in [0.25, 0.3) is 0 Å². The number of aromatic nitrogens is 2. The maximum atomic E-state index is 10.2. The molecule has 1 amide bonds. The number of hydrogen-bond acceptors (Lipinski definition) is 4. The van der Waals surface area contributed by atoms with Gasteiger partial charge in [-0.3, -0.25) is 4.79 Å². The van der Waals surface area contributed by atoms with Gasteiger partial charge in [-0.2, -0.15) is 0 Å². The molecule has 0 atom stereocenters. The second-order valence-electron chi connectivity index (χ2n) is 1.54. The van der Waals surface area contributed by atoms with Gasteiger partial charge in [-0.1, -0.05) is 4.49 Å². The zero-order valence-corrected chi connectivity index (χ0v) is 5.39. The number of carbonyl (C=O) groups excluding carboxylic acids is 1. The van der Waals surface area contributed by atoms with E-state index >= 15 is 0 Å². The number of primary amides is 1. The Labute approximate surface area is 55.9 Å². The van der Waals surface area contributed by atoms with Crippen molar-refractivity contribution in [1.29, 1.82) is 0 Å². The Balaban J connectivity index is 2.58. The Morgan fingerprint density at radius 2 is 2.67 bits per heavy atom. The third-order valence-corrected chi connectivity index (χ3v) is 1.31. The van der Waals surface area contributed by atoms with E-state index in [1.54, 1.807) is 5.38 Å². The summed E-state index contributed by atoms with van der Waals surface area (Å²) in [6, 6.07) is 0. The average Bonchev–Trinajstić information content (AvgIpc) is 2.15. The minimum absolute atomic E-state index is 0.191. The van der Waals surface area contributed by atoms with Crippen LogP contribution in [-0.4, -0.2) is 15.5 Å². The minimum Gasteiger partial charge on any atom is -0.369 e. The van der Waals surface area contributed by atoms with Crippen LogP contribution < -0.4 is 5.73 Å². The topological polar surface area (TPSA) is 68.9 Å². The molecule has 2 N–H and O–H groups in total. The van der Waals surface area contributed by atoms with Crippen molar-refractivity contribution in [3.05, 3.63) is 11.1 Å². The molecular formula is C4H5N3OS. The van der Waals surface area contributed by atoms with Gasteiger partial charge in [0.1, 0.15) is 0 Å². The van der Waals surface area contributed by atoms with Crippen LogP contribution in [0.3, 0.4) is 0 Å². The quantitative estimate of drug-likeness (QED) is 0.610. The smallest absolute Gasteiger partial charge is 0.223 e. The van der Waals surface area contributed by atoms with Crippen LogP contribution in [0.5, 0.6) is 0 Å². The van der Waals surface area contributed by atoms with Crippen molar-refractivity contribution < 1.29 is 4.79 Å². The van der Waals surface area contributed by atoms with Gasteiger partial charge in [-0.15, -0.1) is 5.10 Å². The van der Waals surface area contributed by atoms with Gasteiger partial charge in [0.15, 0.2) is 0 Å². The number of hydrogen-bond donors (Lipinski definition) is 1. The van der Waals surface area contributed by atoms with Crippen molar-refractivity contribution >= 4 is 17.4 Å². The molecule has 0 aliphatic rings. The Bertz CT molecular complexity index is 196. The fourth-order valence-electron chi connectivity index (χ4n) is 0.440. The summed E-state index contributed by atoms with van der Waals surface area (Å²) in [7, 11) is 0. The van der Waals surface area contributed by atoms with Crippen LogP contribution in [0.4, 0.5) is 0 Å². The van der Waals surface area contributed by atoms with E-state index in [0.29, 0.717) is 5.69 Å². The van der Waals surface area contributed by atoms with Crippen LogP contribution in [0, 0.1) is 0 Å². The van der Waals surface area contributed by atoms with Gasteiger partial charge >= 0.3 is 0 Å². The lowest BCUT2D eigenvalue weighted by Gasteiger charge is -1.83. The molecule has 0 unspecified atom stereocenters. The number of amides is 1. The van der Waals surface area contributed by atoms with Gasteiger partial charge in [0.05, 0.1) is 12.1 Å². The summed E-state index contributed by atoms with van der Waals surface area (Å²) in [6.45, 7) is 0. The van der Waals surface area contributed by atoms with E-state index in [1.807, 2.05) is 0 Å². The third-order valence-electron chi connectivity index (χ3n) is 0.761. The molecular weight excluding hydrogens is 138 g/mol. The van der Waals surface area contributed by atoms with Gasteiger partial charge in [0.2, 0.25) is 5.91 Å². The minimum atomic E-state index is -0.372. The fraction of sp³-hybridized carbons (Fsp3) is 0.250. The molecule has 0 saturated carbocycles. The standard InChI is InChI=1S/C4H5N3OS/c5-4(8)1-3-2-9-7-6-3/h2H,1H2,(H2,5,8). The van der Waals surface area contributed by atoms with E-state index in [9.17, 15) is 4.79 Å². The molecule has 0 aromatic carbocycles. The van der Waals surface area contributed by atoms with Gasteiger partial charge in [0, 0.05) is 5.38 Å². The Hall–Kier alpha value is -0.970. The SMILES string of the molecule is NC(=O)Cc1csnn1. The Kier molecular flexibility index (Phi) is 1.74. The molecule has 5 heteroatoms. The molecule has 0 radical (unpaired) electrons. The highest BCUT2D eigenvalue weighted by atomic mass is 32.1. The largest absolute Gasteiger partial charge is 0.369 e. The van der Waals surface area contributed by atoms with Gasteiger partial charge in [0.25, 0.3) is 0 Å². The lowest BCUT2D eigenvalue weighted by molar-refractivity contribution is -0.117. The van der Waals surface area contributed by atoms with Crippen LogP contribution >= 0.6 is 11.5 Å². The number of nitrogens with two attached hydrogens (primary N) is 1. The second kappa shape index (κ2) is 2.54. The maximum absolute atomic E-state index is 10.2. The predicted octanol–water partition coefficient (Wildman–Crippen LogP) is -0.434. The van der Waals surface area contributed by atoms with E-state index in [0.717, 1.165) is 0 Å². The van der Waals surface area contributed by atoms with Crippen LogP contribution in [0.15, 0.2) is 5.38 Å². The molecule has 0 aliphatic heterocycles. The highest BCUT2D eigenvalue weighted by molar-refractivity contribution is 7.03. The lowest BCUT2D eigenvalue weighted by Crippen LogP contribution is -2.13. The van der Waals surface area contributed by atoms with Crippen molar-refractivity contribution in [3.8, 4) is 0 Å². The highest BCUT2D eigenvalue weighted by Gasteiger charge is 1.98. The first-order valence-corrected chi connectivity index (χ1v) is 3.17. The number of carbonyl (C=O) groups is 1. The van der Waals surface area contributed by atoms with Gasteiger partial charge in [-0.25, -0.2) is 0 Å². The molecule has 0 saturated heterocycles. The van der Waals surface area contributed by atoms with E-state index in [1.165, 1.54) is 11.5 Å². The van der Waals surface area contributed by atoms with Gasteiger partial charge < -0.3 is 5.73 Å². The van der Waals surface area contributed by atoms with Crippen molar-refractivity contribution in [2.24, 2.45) is 5.73 Å². The molecule has 1 aromatic heterocycles. The summed E-state index contributed by atoms with van der Waals surface area (Å²) in [6.07, 6.45) is 0.191. The molecule has 0 bridgehead atoms. The molecule has 0 spiro atoms. The summed E-state index contributed by atoms with van der Waals surface area (Å²) < 4.78 is 3.56. The first-order valence-electron chi connectivity index (χ1n) is 2.33. The summed E-state index contributed by atoms with van der Waals surface area (Å²) in [5, 5.41) is 5.32. The van der Waals surface area contributed by atoms with E-state index < -0.39 is 0 Å². The molecule has 0 fully saturated rings. The Morgan fingerprint density at radius 3 is 3.11 bits per heavy atom. The monoisotopic (exact) mass is 143 g/mol. The van der Waals surface area contributed by atoms with Gasteiger partial charge in [-0.05, 0) is 11.5 Å². The molecule has 48 valence electrons. The van der Waals surface area contributed by atoms with Crippen LogP contribution in [-0.2, 0) is 11.2 Å². The molecule has 0 aliphatic carbocycles. The van der Waals surface area contributed by atoms with Crippen molar-refractivity contribution in [2.75, 3.05) is 0 Å². The maximum Gasteiger partial charge on any atom is 0.223 e. The molecule has 4 nitrogen and oxygen atoms in total. The second-order valence-corrected chi connectivity index (χ2v) is 2.15. The fourth-order valence-corrected chi connectivity index (χ4v) is 0.891. The number of rotatable bonds is 2. The van der Waals surface area contributed by atoms with Crippen molar-refractivity contribution in [1.82, 2.24) is 9.59 Å². The summed E-state index contributed by atoms with van der Waals surface area (Å²) in [5.41, 5.74) is 5.53. The predicted molar refractivity (Wildman–Crippen MR) is 32.8 cm³/mol. The molecule has 9 heavy (non-hydrogen) atoms. The Morgan fingerprint density at radius 1 is 1.89 bits per heavy atom. The third kappa shape index (κ3) is 1.77. The highest BCUT2D eigenvalue weighted by Crippen LogP contribution is 1.96. The van der Waals surface area contributed by atoms with E-state index in [4.69, 9.17) is 5.73 Å². The summed E-state index contributed by atoms with van der Waals surface area (Å²) in [4.78, 5) is 10.2. The molecule has 1 aromatic rings. The first-order chi connectivity index (χ1) is 4.29. The zero-order valence-electron chi connectivity index (χ0n) is 4.57. The summed E-state index contributed by atoms with van der Waals surface area (Å²) in [5.74, 6) is -0.372. The summed E-state index contributed by atoms with van der Waals surface area (Å²) >= 11 is 1.21. The molecule has 1 rings (SSSR count). The van der Waals surface area contributed by atoms with Crippen LogP contribution in [0.2, 0.25) is 0 Å². The van der Waals surface area contributed by atoms with Crippen molar-refractivity contribution in [3.63, 3.8) is 0 Å². The first kappa shape index (κ1) is 6.15.